The summed E-state index contributed by atoms with van der Waals surface area (Å²) in [6.45, 7) is 1.83. The van der Waals surface area contributed by atoms with Gasteiger partial charge in [-0.05, 0) is 43.3 Å². The lowest BCUT2D eigenvalue weighted by molar-refractivity contribution is -0.111. The van der Waals surface area contributed by atoms with Crippen LogP contribution in [0.3, 0.4) is 0 Å². The van der Waals surface area contributed by atoms with Crippen LogP contribution in [0.1, 0.15) is 5.56 Å². The summed E-state index contributed by atoms with van der Waals surface area (Å²) in [6.07, 6.45) is 0. The van der Waals surface area contributed by atoms with E-state index in [0.717, 1.165) is 10.0 Å². The smallest absolute Gasteiger partial charge is 0.243 e. The fraction of sp³-hybridized carbons (Fsp3) is 0.105. The minimum absolute atomic E-state index is 0.0387. The van der Waals surface area contributed by atoms with E-state index in [2.05, 4.69) is 26.0 Å². The number of hydrogen-bond donors (Lipinski definition) is 2. The first-order valence-corrected chi connectivity index (χ1v) is 12.1. The van der Waals surface area contributed by atoms with Gasteiger partial charge in [0.05, 0.1) is 15.0 Å². The average Bonchev–Trinajstić information content (AvgIpc) is 2.71. The molecule has 0 aromatic heterocycles. The third-order valence-electron chi connectivity index (χ3n) is 4.24. The molecule has 0 aliphatic heterocycles. The zero-order valence-electron chi connectivity index (χ0n) is 15.1. The molecule has 0 bridgehead atoms. The van der Waals surface area contributed by atoms with E-state index in [4.69, 9.17) is 46.4 Å². The second-order valence-electron chi connectivity index (χ2n) is 6.39. The first-order valence-electron chi connectivity index (χ1n) is 8.28. The van der Waals surface area contributed by atoms with Gasteiger partial charge in [-0.1, -0.05) is 80.0 Å². The van der Waals surface area contributed by atoms with Crippen LogP contribution in [0.15, 0.2) is 78.0 Å². The highest BCUT2D eigenvalue weighted by molar-refractivity contribution is 9.10. The molecule has 30 heavy (non-hydrogen) atoms. The maximum atomic E-state index is 13.2. The summed E-state index contributed by atoms with van der Waals surface area (Å²) in [5, 5.41) is 1.30. The first kappa shape index (κ1) is 23.6. The Labute approximate surface area is 202 Å². The SMILES string of the molecule is Cc1ccc(S(=O)(=O)NC2(Nc3ccc(Br)cc3)C(Cl)=C(Cl)C(=O)C(Cl)=C2Cl)cc1. The Hall–Kier alpha value is -1.06. The average molecular weight is 571 g/mol. The lowest BCUT2D eigenvalue weighted by atomic mass is 10.0. The van der Waals surface area contributed by atoms with Crippen molar-refractivity contribution >= 4 is 83.8 Å². The molecule has 5 nitrogen and oxygen atoms in total. The fourth-order valence-corrected chi connectivity index (χ4v) is 5.44. The van der Waals surface area contributed by atoms with Crippen LogP contribution in [-0.2, 0) is 14.8 Å². The maximum absolute atomic E-state index is 13.2. The van der Waals surface area contributed by atoms with Crippen LogP contribution in [0.25, 0.3) is 0 Å². The topological polar surface area (TPSA) is 75.3 Å². The van der Waals surface area contributed by atoms with Crippen LogP contribution in [0.4, 0.5) is 5.69 Å². The van der Waals surface area contributed by atoms with Crippen molar-refractivity contribution in [1.29, 1.82) is 0 Å². The molecule has 0 heterocycles. The number of Topliss-reactive ketones (excluding diaryl/α,β-unsaturated/α-hetero) is 1. The number of anilines is 1. The van der Waals surface area contributed by atoms with Crippen LogP contribution in [-0.4, -0.2) is 19.9 Å². The third kappa shape index (κ3) is 4.43. The van der Waals surface area contributed by atoms with E-state index >= 15 is 0 Å². The molecule has 0 saturated heterocycles. The van der Waals surface area contributed by atoms with Gasteiger partial charge in [0.2, 0.25) is 15.8 Å². The fourth-order valence-electron chi connectivity index (χ4n) is 2.67. The number of benzene rings is 2. The van der Waals surface area contributed by atoms with Crippen molar-refractivity contribution in [1.82, 2.24) is 4.72 Å². The van der Waals surface area contributed by atoms with Gasteiger partial charge in [-0.25, -0.2) is 8.42 Å². The van der Waals surface area contributed by atoms with E-state index in [9.17, 15) is 13.2 Å². The lowest BCUT2D eigenvalue weighted by Gasteiger charge is -2.38. The molecule has 2 aromatic rings. The number of rotatable bonds is 5. The van der Waals surface area contributed by atoms with Gasteiger partial charge in [0.15, 0.2) is 5.66 Å². The van der Waals surface area contributed by atoms with Crippen LogP contribution in [0, 0.1) is 6.92 Å². The van der Waals surface area contributed by atoms with E-state index in [1.165, 1.54) is 12.1 Å². The van der Waals surface area contributed by atoms with Gasteiger partial charge in [-0.3, -0.25) is 4.79 Å². The molecule has 0 atom stereocenters. The summed E-state index contributed by atoms with van der Waals surface area (Å²) in [6, 6.07) is 12.9. The molecule has 0 saturated carbocycles. The van der Waals surface area contributed by atoms with Crippen molar-refractivity contribution in [3.05, 3.63) is 78.7 Å². The maximum Gasteiger partial charge on any atom is 0.243 e. The van der Waals surface area contributed by atoms with Crippen LogP contribution in [0.5, 0.6) is 0 Å². The Morgan fingerprint density at radius 2 is 1.37 bits per heavy atom. The summed E-state index contributed by atoms with van der Waals surface area (Å²) < 4.78 is 29.5. The van der Waals surface area contributed by atoms with Crippen LogP contribution < -0.4 is 10.0 Å². The van der Waals surface area contributed by atoms with Crippen LogP contribution in [0.2, 0.25) is 0 Å². The molecule has 158 valence electrons. The number of aryl methyl sites for hydroxylation is 1. The molecule has 1 aliphatic carbocycles. The highest BCUT2D eigenvalue weighted by Gasteiger charge is 2.49. The molecule has 0 spiro atoms. The molecule has 3 rings (SSSR count). The first-order chi connectivity index (χ1) is 14.0. The predicted octanol–water partition coefficient (Wildman–Crippen LogP) is 5.81. The van der Waals surface area contributed by atoms with Crippen LogP contribution >= 0.6 is 62.3 Å². The second kappa shape index (κ2) is 8.82. The Bertz CT molecular complexity index is 1150. The standard InChI is InChI=1S/C19H13BrCl4N2O3S/c1-10-2-8-13(9-3-10)30(28,29)26-19(25-12-6-4-11(20)5-7-12)17(23)14(21)16(27)15(22)18(19)24/h2-9,25-26H,1H3. The third-order valence-corrected chi connectivity index (χ3v) is 8.09. The van der Waals surface area contributed by atoms with Crippen molar-refractivity contribution < 1.29 is 13.2 Å². The van der Waals surface area contributed by atoms with E-state index < -0.39 is 31.5 Å². The Kier molecular flexibility index (Phi) is 6.94. The summed E-state index contributed by atoms with van der Waals surface area (Å²) in [7, 11) is -4.18. The Morgan fingerprint density at radius 3 is 1.87 bits per heavy atom. The second-order valence-corrected chi connectivity index (χ2v) is 10.5. The molecule has 0 amide bonds. The number of allylic oxidation sites excluding steroid dienone is 2. The van der Waals surface area contributed by atoms with E-state index in [1.807, 2.05) is 6.92 Å². The zero-order valence-corrected chi connectivity index (χ0v) is 20.6. The molecular weight excluding hydrogens is 558 g/mol. The van der Waals surface area contributed by atoms with Crippen molar-refractivity contribution in [2.75, 3.05) is 5.32 Å². The highest BCUT2D eigenvalue weighted by atomic mass is 79.9. The number of carbonyl (C=O) groups is 1. The number of hydrogen-bond acceptors (Lipinski definition) is 4. The van der Waals surface area contributed by atoms with Gasteiger partial charge >= 0.3 is 0 Å². The summed E-state index contributed by atoms with van der Waals surface area (Å²) in [5.74, 6) is -0.809. The molecule has 0 unspecified atom stereocenters. The molecule has 0 fully saturated rings. The van der Waals surface area contributed by atoms with E-state index in [1.54, 1.807) is 36.4 Å². The predicted molar refractivity (Wildman–Crippen MR) is 124 cm³/mol. The van der Waals surface area contributed by atoms with Gasteiger partial charge in [-0.15, -0.1) is 0 Å². The number of sulfonamides is 1. The number of carbonyl (C=O) groups excluding carboxylic acids is 1. The monoisotopic (exact) mass is 568 g/mol. The molecule has 11 heteroatoms. The largest absolute Gasteiger partial charge is 0.357 e. The normalized spacial score (nSPS) is 16.8. The van der Waals surface area contributed by atoms with Gasteiger partial charge in [0, 0.05) is 10.2 Å². The molecule has 1 aliphatic rings. The molecular formula is C19H13BrCl4N2O3S. The zero-order chi connectivity index (χ0) is 22.3. The van der Waals surface area contributed by atoms with Gasteiger partial charge in [-0.2, -0.15) is 4.72 Å². The van der Waals surface area contributed by atoms with Gasteiger partial charge in [0.1, 0.15) is 10.1 Å². The molecule has 0 radical (unpaired) electrons. The van der Waals surface area contributed by atoms with E-state index in [0.29, 0.717) is 5.69 Å². The highest BCUT2D eigenvalue weighted by Crippen LogP contribution is 2.44. The number of nitrogens with one attached hydrogen (secondary N) is 2. The van der Waals surface area contributed by atoms with E-state index in [-0.39, 0.29) is 15.0 Å². The minimum atomic E-state index is -4.18. The van der Waals surface area contributed by atoms with Gasteiger partial charge < -0.3 is 5.32 Å². The van der Waals surface area contributed by atoms with Crippen molar-refractivity contribution in [2.45, 2.75) is 17.5 Å². The summed E-state index contributed by atoms with van der Waals surface area (Å²) >= 11 is 28.3. The summed E-state index contributed by atoms with van der Waals surface area (Å²) in [5.41, 5.74) is -0.686. The minimum Gasteiger partial charge on any atom is -0.357 e. The Morgan fingerprint density at radius 1 is 0.867 bits per heavy atom. The molecule has 2 aromatic carbocycles. The lowest BCUT2D eigenvalue weighted by Crippen LogP contribution is -2.57. The number of ketones is 1. The van der Waals surface area contributed by atoms with Crippen molar-refractivity contribution in [3.8, 4) is 0 Å². The number of halogens is 5. The summed E-state index contributed by atoms with van der Waals surface area (Å²) in [4.78, 5) is 12.2. The molecule has 2 N–H and O–H groups in total. The van der Waals surface area contributed by atoms with Crippen molar-refractivity contribution in [2.24, 2.45) is 0 Å². The van der Waals surface area contributed by atoms with Gasteiger partial charge in [0.25, 0.3) is 0 Å². The quantitative estimate of drug-likeness (QED) is 0.445. The Balaban J connectivity index is 2.18. The van der Waals surface area contributed by atoms with Crippen molar-refractivity contribution in [3.63, 3.8) is 0 Å².